The topological polar surface area (TPSA) is 17.1 Å². The van der Waals surface area contributed by atoms with E-state index in [0.717, 1.165) is 24.2 Å². The van der Waals surface area contributed by atoms with Crippen LogP contribution in [0, 0.1) is 0 Å². The lowest BCUT2D eigenvalue weighted by molar-refractivity contribution is 0.108. The van der Waals surface area contributed by atoms with E-state index in [1.807, 2.05) is 30.3 Å². The molecule has 0 bridgehead atoms. The largest absolute Gasteiger partial charge is 0.282 e. The van der Waals surface area contributed by atoms with E-state index >= 15 is 0 Å². The molecular formula is C12H15FOS. The molecule has 0 N–H and O–H groups in total. The smallest absolute Gasteiger partial charge is 0.219 e. The molecule has 15 heavy (non-hydrogen) atoms. The van der Waals surface area contributed by atoms with E-state index in [9.17, 15) is 9.18 Å². The normalized spacial score (nSPS) is 10.2. The number of carbonyl (C=O) groups excluding carboxylic acids is 1. The predicted octanol–water partition coefficient (Wildman–Crippen LogP) is 3.70. The zero-order valence-electron chi connectivity index (χ0n) is 8.62. The molecule has 0 aliphatic carbocycles. The van der Waals surface area contributed by atoms with Gasteiger partial charge in [0.1, 0.15) is 0 Å². The van der Waals surface area contributed by atoms with E-state index in [-0.39, 0.29) is 11.8 Å². The zero-order valence-corrected chi connectivity index (χ0v) is 9.43. The zero-order chi connectivity index (χ0) is 10.9. The van der Waals surface area contributed by atoms with Crippen LogP contribution in [0.25, 0.3) is 0 Å². The lowest BCUT2D eigenvalue weighted by Crippen LogP contribution is -1.94. The molecule has 0 amide bonds. The van der Waals surface area contributed by atoms with Crippen LogP contribution in [0.5, 0.6) is 0 Å². The first kappa shape index (κ1) is 12.2. The molecule has 0 heterocycles. The minimum Gasteiger partial charge on any atom is -0.282 e. The van der Waals surface area contributed by atoms with Crippen LogP contribution in [-0.2, 0) is 0 Å². The fourth-order valence-corrected chi connectivity index (χ4v) is 2.03. The van der Waals surface area contributed by atoms with E-state index in [2.05, 4.69) is 0 Å². The van der Waals surface area contributed by atoms with Crippen LogP contribution >= 0.6 is 11.8 Å². The third kappa shape index (κ3) is 4.98. The first-order valence-electron chi connectivity index (χ1n) is 5.12. The number of carbonyl (C=O) groups is 1. The van der Waals surface area contributed by atoms with Gasteiger partial charge >= 0.3 is 0 Å². The van der Waals surface area contributed by atoms with E-state index in [0.29, 0.717) is 6.42 Å². The Morgan fingerprint density at radius 1 is 1.13 bits per heavy atom. The molecular weight excluding hydrogens is 211 g/mol. The quantitative estimate of drug-likeness (QED) is 0.688. The molecule has 0 saturated heterocycles. The Morgan fingerprint density at radius 2 is 1.87 bits per heavy atom. The number of halogens is 1. The number of hydrogen-bond acceptors (Lipinski definition) is 2. The monoisotopic (exact) mass is 226 g/mol. The van der Waals surface area contributed by atoms with Crippen LogP contribution in [0.4, 0.5) is 4.39 Å². The standard InChI is InChI=1S/C12H15FOS/c13-9-5-2-6-10-15-12(14)11-7-3-1-4-8-11/h1,3-4,7-8H,2,5-6,9-10H2. The van der Waals surface area contributed by atoms with Crippen LogP contribution in [0.1, 0.15) is 29.6 Å². The van der Waals surface area contributed by atoms with Crippen LogP contribution in [0.3, 0.4) is 0 Å². The Hall–Kier alpha value is -0.830. The lowest BCUT2D eigenvalue weighted by atomic mass is 10.2. The number of unbranched alkanes of at least 4 members (excludes halogenated alkanes) is 2. The Bertz CT molecular complexity index is 287. The number of rotatable bonds is 6. The van der Waals surface area contributed by atoms with Crippen molar-refractivity contribution in [1.29, 1.82) is 0 Å². The molecule has 1 aromatic carbocycles. The first-order chi connectivity index (χ1) is 7.34. The highest BCUT2D eigenvalue weighted by molar-refractivity contribution is 8.14. The molecule has 0 fully saturated rings. The Balaban J connectivity index is 2.20. The van der Waals surface area contributed by atoms with Crippen LogP contribution in [0.15, 0.2) is 30.3 Å². The van der Waals surface area contributed by atoms with Gasteiger partial charge in [0.25, 0.3) is 0 Å². The van der Waals surface area contributed by atoms with Gasteiger partial charge in [0.15, 0.2) is 0 Å². The van der Waals surface area contributed by atoms with Gasteiger partial charge < -0.3 is 0 Å². The Kier molecular flexibility index (Phi) is 6.09. The number of thioether (sulfide) groups is 1. The van der Waals surface area contributed by atoms with Crippen LogP contribution < -0.4 is 0 Å². The maximum atomic E-state index is 11.8. The number of hydrogen-bond donors (Lipinski definition) is 0. The average Bonchev–Trinajstić information content (AvgIpc) is 2.30. The highest BCUT2D eigenvalue weighted by Crippen LogP contribution is 2.14. The van der Waals surface area contributed by atoms with E-state index in [1.165, 1.54) is 11.8 Å². The third-order valence-electron chi connectivity index (χ3n) is 2.02. The van der Waals surface area contributed by atoms with Crippen molar-refractivity contribution in [3.8, 4) is 0 Å². The van der Waals surface area contributed by atoms with Crippen molar-refractivity contribution in [3.63, 3.8) is 0 Å². The summed E-state index contributed by atoms with van der Waals surface area (Å²) in [7, 11) is 0. The summed E-state index contributed by atoms with van der Waals surface area (Å²) in [6.07, 6.45) is 2.39. The van der Waals surface area contributed by atoms with Gasteiger partial charge in [-0.3, -0.25) is 9.18 Å². The summed E-state index contributed by atoms with van der Waals surface area (Å²) >= 11 is 1.32. The highest BCUT2D eigenvalue weighted by Gasteiger charge is 2.04. The first-order valence-corrected chi connectivity index (χ1v) is 6.11. The maximum absolute atomic E-state index is 11.8. The van der Waals surface area contributed by atoms with E-state index in [1.54, 1.807) is 0 Å². The summed E-state index contributed by atoms with van der Waals surface area (Å²) in [6, 6.07) is 9.24. The summed E-state index contributed by atoms with van der Waals surface area (Å²) in [5.41, 5.74) is 0.744. The lowest BCUT2D eigenvalue weighted by Gasteiger charge is -2.00. The molecule has 0 aromatic heterocycles. The van der Waals surface area contributed by atoms with Crippen LogP contribution in [0.2, 0.25) is 0 Å². The van der Waals surface area contributed by atoms with Gasteiger partial charge in [0.05, 0.1) is 6.67 Å². The van der Waals surface area contributed by atoms with Gasteiger partial charge in [-0.15, -0.1) is 0 Å². The molecule has 0 aliphatic heterocycles. The van der Waals surface area contributed by atoms with Crippen molar-refractivity contribution in [2.75, 3.05) is 12.4 Å². The Morgan fingerprint density at radius 3 is 2.53 bits per heavy atom. The summed E-state index contributed by atoms with van der Waals surface area (Å²) in [5, 5.41) is 0.107. The highest BCUT2D eigenvalue weighted by atomic mass is 32.2. The molecule has 1 aromatic rings. The summed E-state index contributed by atoms with van der Waals surface area (Å²) in [6.45, 7) is -0.253. The third-order valence-corrected chi connectivity index (χ3v) is 3.01. The summed E-state index contributed by atoms with van der Waals surface area (Å²) in [5.74, 6) is 0.785. The molecule has 1 nitrogen and oxygen atoms in total. The Labute approximate surface area is 94.1 Å². The van der Waals surface area contributed by atoms with Crippen molar-refractivity contribution < 1.29 is 9.18 Å². The van der Waals surface area contributed by atoms with Crippen molar-refractivity contribution in [2.24, 2.45) is 0 Å². The molecule has 0 aliphatic rings. The fraction of sp³-hybridized carbons (Fsp3) is 0.417. The second kappa shape index (κ2) is 7.46. The van der Waals surface area contributed by atoms with Crippen molar-refractivity contribution in [2.45, 2.75) is 19.3 Å². The number of alkyl halides is 1. The van der Waals surface area contributed by atoms with Crippen molar-refractivity contribution in [1.82, 2.24) is 0 Å². The van der Waals surface area contributed by atoms with Gasteiger partial charge in [0.2, 0.25) is 5.12 Å². The van der Waals surface area contributed by atoms with Gasteiger partial charge in [-0.25, -0.2) is 0 Å². The van der Waals surface area contributed by atoms with Crippen molar-refractivity contribution >= 4 is 16.9 Å². The van der Waals surface area contributed by atoms with Gasteiger partial charge in [-0.2, -0.15) is 0 Å². The van der Waals surface area contributed by atoms with Gasteiger partial charge in [-0.05, 0) is 12.8 Å². The number of benzene rings is 1. The molecule has 0 atom stereocenters. The van der Waals surface area contributed by atoms with Gasteiger partial charge in [0, 0.05) is 11.3 Å². The van der Waals surface area contributed by atoms with Gasteiger partial charge in [-0.1, -0.05) is 48.5 Å². The molecule has 3 heteroatoms. The van der Waals surface area contributed by atoms with Crippen molar-refractivity contribution in [3.05, 3.63) is 35.9 Å². The minimum atomic E-state index is -0.253. The fourth-order valence-electron chi connectivity index (χ4n) is 1.20. The summed E-state index contributed by atoms with van der Waals surface area (Å²) in [4.78, 5) is 11.6. The van der Waals surface area contributed by atoms with Crippen LogP contribution in [-0.4, -0.2) is 17.5 Å². The van der Waals surface area contributed by atoms with E-state index < -0.39 is 0 Å². The van der Waals surface area contributed by atoms with E-state index in [4.69, 9.17) is 0 Å². The molecule has 0 radical (unpaired) electrons. The molecule has 1 rings (SSSR count). The molecule has 0 saturated carbocycles. The minimum absolute atomic E-state index is 0.107. The predicted molar refractivity (Wildman–Crippen MR) is 63.1 cm³/mol. The molecule has 82 valence electrons. The second-order valence-corrected chi connectivity index (χ2v) is 4.32. The maximum Gasteiger partial charge on any atom is 0.219 e. The SMILES string of the molecule is O=C(SCCCCCF)c1ccccc1. The average molecular weight is 226 g/mol. The molecule has 0 spiro atoms. The molecule has 0 unspecified atom stereocenters. The summed E-state index contributed by atoms with van der Waals surface area (Å²) < 4.78 is 11.8. The second-order valence-electron chi connectivity index (χ2n) is 3.25.